The van der Waals surface area contributed by atoms with E-state index < -0.39 is 23.3 Å². The van der Waals surface area contributed by atoms with Crippen molar-refractivity contribution >= 4 is 11.9 Å². The molecule has 0 heterocycles. The zero-order valence-corrected chi connectivity index (χ0v) is 15.9. The van der Waals surface area contributed by atoms with E-state index in [4.69, 9.17) is 9.47 Å². The number of hydrogen-bond acceptors (Lipinski definition) is 5. The van der Waals surface area contributed by atoms with Gasteiger partial charge in [-0.05, 0) is 45.4 Å². The number of nitriles is 1. The van der Waals surface area contributed by atoms with Crippen LogP contribution in [0.25, 0.3) is 0 Å². The van der Waals surface area contributed by atoms with E-state index in [2.05, 4.69) is 19.9 Å². The van der Waals surface area contributed by atoms with Crippen LogP contribution in [0.2, 0.25) is 0 Å². The van der Waals surface area contributed by atoms with E-state index in [-0.39, 0.29) is 19.6 Å². The summed E-state index contributed by atoms with van der Waals surface area (Å²) in [5.41, 5.74) is -0.594. The third kappa shape index (κ3) is 8.33. The van der Waals surface area contributed by atoms with Gasteiger partial charge >= 0.3 is 11.9 Å². The first kappa shape index (κ1) is 22.4. The topological polar surface area (TPSA) is 76.4 Å². The summed E-state index contributed by atoms with van der Waals surface area (Å²) in [5.74, 6) is -0.961. The fourth-order valence-electron chi connectivity index (χ4n) is 2.92. The molecule has 0 saturated heterocycles. The molecule has 0 bridgehead atoms. The Morgan fingerprint density at radius 1 is 1.08 bits per heavy atom. The highest BCUT2D eigenvalue weighted by Crippen LogP contribution is 2.38. The first-order valence-corrected chi connectivity index (χ1v) is 9.07. The Balaban J connectivity index is 5.27. The van der Waals surface area contributed by atoms with Crippen LogP contribution in [-0.4, -0.2) is 25.2 Å². The van der Waals surface area contributed by atoms with E-state index in [1.54, 1.807) is 13.8 Å². The predicted molar refractivity (Wildman–Crippen MR) is 93.0 cm³/mol. The monoisotopic (exact) mass is 339 g/mol. The van der Waals surface area contributed by atoms with Crippen LogP contribution in [0.4, 0.5) is 0 Å². The Labute approximate surface area is 146 Å². The number of carbonyl (C=O) groups excluding carboxylic acids is 2. The molecular formula is C19H33NO4. The van der Waals surface area contributed by atoms with Crippen LogP contribution in [0, 0.1) is 28.6 Å². The van der Waals surface area contributed by atoms with Gasteiger partial charge < -0.3 is 9.47 Å². The molecule has 24 heavy (non-hydrogen) atoms. The first-order chi connectivity index (χ1) is 11.3. The summed E-state index contributed by atoms with van der Waals surface area (Å²) >= 11 is 0. The lowest BCUT2D eigenvalue weighted by Crippen LogP contribution is -2.30. The van der Waals surface area contributed by atoms with E-state index in [1.807, 2.05) is 6.92 Å². The molecule has 2 atom stereocenters. The van der Waals surface area contributed by atoms with Crippen LogP contribution in [0.5, 0.6) is 0 Å². The Morgan fingerprint density at radius 3 is 2.17 bits per heavy atom. The van der Waals surface area contributed by atoms with Gasteiger partial charge in [-0.15, -0.1) is 0 Å². The number of esters is 2. The van der Waals surface area contributed by atoms with Gasteiger partial charge in [0.25, 0.3) is 0 Å². The van der Waals surface area contributed by atoms with Gasteiger partial charge in [-0.3, -0.25) is 9.59 Å². The molecule has 0 aromatic rings. The van der Waals surface area contributed by atoms with E-state index in [1.165, 1.54) is 0 Å². The van der Waals surface area contributed by atoms with E-state index in [0.717, 1.165) is 25.7 Å². The van der Waals surface area contributed by atoms with Crippen LogP contribution in [0.1, 0.15) is 73.1 Å². The summed E-state index contributed by atoms with van der Waals surface area (Å²) in [5, 5.41) is 9.80. The predicted octanol–water partition coefficient (Wildman–Crippen LogP) is 4.26. The van der Waals surface area contributed by atoms with Crippen LogP contribution >= 0.6 is 0 Å². The van der Waals surface area contributed by atoms with Crippen molar-refractivity contribution < 1.29 is 19.1 Å². The van der Waals surface area contributed by atoms with Crippen molar-refractivity contribution in [1.82, 2.24) is 0 Å². The van der Waals surface area contributed by atoms with Crippen LogP contribution < -0.4 is 0 Å². The SMILES string of the molecule is CCCC(C#N)(CCC(C)C)CC(CC(=O)OCC)C(=O)OCC. The third-order valence-corrected chi connectivity index (χ3v) is 4.14. The van der Waals surface area contributed by atoms with Gasteiger partial charge in [0.05, 0.1) is 37.0 Å². The Hall–Kier alpha value is -1.57. The summed E-state index contributed by atoms with van der Waals surface area (Å²) in [6, 6.07) is 2.44. The number of hydrogen-bond donors (Lipinski definition) is 0. The molecule has 0 aromatic carbocycles. The minimum atomic E-state index is -0.623. The lowest BCUT2D eigenvalue weighted by Gasteiger charge is -2.30. The minimum Gasteiger partial charge on any atom is -0.466 e. The lowest BCUT2D eigenvalue weighted by molar-refractivity contribution is -0.155. The van der Waals surface area contributed by atoms with Crippen molar-refractivity contribution in [2.45, 2.75) is 73.1 Å². The molecule has 138 valence electrons. The minimum absolute atomic E-state index is 0.0263. The molecule has 0 aromatic heterocycles. The number of nitrogens with zero attached hydrogens (tertiary/aromatic N) is 1. The van der Waals surface area contributed by atoms with E-state index in [9.17, 15) is 14.9 Å². The summed E-state index contributed by atoms with van der Waals surface area (Å²) in [6.07, 6.45) is 3.55. The second-order valence-corrected chi connectivity index (χ2v) is 6.74. The van der Waals surface area contributed by atoms with Crippen molar-refractivity contribution in [2.75, 3.05) is 13.2 Å². The molecule has 0 N–H and O–H groups in total. The molecule has 2 unspecified atom stereocenters. The highest BCUT2D eigenvalue weighted by atomic mass is 16.5. The van der Waals surface area contributed by atoms with Crippen molar-refractivity contribution in [3.05, 3.63) is 0 Å². The number of ether oxygens (including phenoxy) is 2. The van der Waals surface area contributed by atoms with Gasteiger partial charge in [-0.2, -0.15) is 5.26 Å². The van der Waals surface area contributed by atoms with Gasteiger partial charge in [0, 0.05) is 0 Å². The van der Waals surface area contributed by atoms with E-state index >= 15 is 0 Å². The molecule has 5 nitrogen and oxygen atoms in total. The quantitative estimate of drug-likeness (QED) is 0.497. The third-order valence-electron chi connectivity index (χ3n) is 4.14. The molecule has 0 fully saturated rings. The van der Waals surface area contributed by atoms with Gasteiger partial charge in [0.1, 0.15) is 0 Å². The summed E-state index contributed by atoms with van der Waals surface area (Å²) in [4.78, 5) is 24.1. The van der Waals surface area contributed by atoms with Gasteiger partial charge in [0.2, 0.25) is 0 Å². The van der Waals surface area contributed by atoms with Crippen LogP contribution in [-0.2, 0) is 19.1 Å². The highest BCUT2D eigenvalue weighted by Gasteiger charge is 2.37. The summed E-state index contributed by atoms with van der Waals surface area (Å²) in [7, 11) is 0. The maximum Gasteiger partial charge on any atom is 0.309 e. The zero-order chi connectivity index (χ0) is 18.6. The maximum absolute atomic E-state index is 12.3. The molecule has 0 saturated carbocycles. The summed E-state index contributed by atoms with van der Waals surface area (Å²) < 4.78 is 10.1. The van der Waals surface area contributed by atoms with Gasteiger partial charge in [0.15, 0.2) is 0 Å². The second kappa shape index (κ2) is 11.9. The van der Waals surface area contributed by atoms with Crippen LogP contribution in [0.15, 0.2) is 0 Å². The average Bonchev–Trinajstić information content (AvgIpc) is 2.52. The molecule has 0 aliphatic carbocycles. The fraction of sp³-hybridized carbons (Fsp3) is 0.842. The van der Waals surface area contributed by atoms with Crippen molar-refractivity contribution in [1.29, 1.82) is 5.26 Å². The Morgan fingerprint density at radius 2 is 1.71 bits per heavy atom. The molecule has 0 aliphatic rings. The maximum atomic E-state index is 12.3. The van der Waals surface area contributed by atoms with Crippen LogP contribution in [0.3, 0.4) is 0 Å². The number of carbonyl (C=O) groups is 2. The summed E-state index contributed by atoms with van der Waals surface area (Å²) in [6.45, 7) is 10.3. The van der Waals surface area contributed by atoms with Crippen molar-refractivity contribution in [3.63, 3.8) is 0 Å². The van der Waals surface area contributed by atoms with Crippen molar-refractivity contribution in [2.24, 2.45) is 17.3 Å². The standard InChI is InChI=1S/C19H33NO4/c1-6-10-19(14-20,11-9-15(4)5)13-16(18(22)24-8-3)12-17(21)23-7-2/h15-16H,6-13H2,1-5H3. The molecule has 0 spiro atoms. The van der Waals surface area contributed by atoms with Crippen molar-refractivity contribution in [3.8, 4) is 6.07 Å². The molecule has 0 rings (SSSR count). The van der Waals surface area contributed by atoms with Gasteiger partial charge in [-0.1, -0.05) is 27.2 Å². The zero-order valence-electron chi connectivity index (χ0n) is 15.9. The fourth-order valence-corrected chi connectivity index (χ4v) is 2.92. The van der Waals surface area contributed by atoms with E-state index in [0.29, 0.717) is 12.3 Å². The highest BCUT2D eigenvalue weighted by molar-refractivity contribution is 5.80. The normalized spacial score (nSPS) is 14.5. The first-order valence-electron chi connectivity index (χ1n) is 9.07. The number of rotatable bonds is 12. The molecule has 5 heteroatoms. The molecular weight excluding hydrogens is 306 g/mol. The lowest BCUT2D eigenvalue weighted by atomic mass is 9.72. The Kier molecular flexibility index (Phi) is 11.1. The average molecular weight is 339 g/mol. The second-order valence-electron chi connectivity index (χ2n) is 6.74. The molecule has 0 radical (unpaired) electrons. The van der Waals surface area contributed by atoms with Gasteiger partial charge in [-0.25, -0.2) is 0 Å². The largest absolute Gasteiger partial charge is 0.466 e. The molecule has 0 amide bonds. The molecule has 0 aliphatic heterocycles. The smallest absolute Gasteiger partial charge is 0.309 e. The Bertz CT molecular complexity index is 428.